The smallest absolute Gasteiger partial charge is 0.416 e. The summed E-state index contributed by atoms with van der Waals surface area (Å²) in [6, 6.07) is 9.13. The van der Waals surface area contributed by atoms with Gasteiger partial charge >= 0.3 is 12.1 Å². The number of halogens is 3. The van der Waals surface area contributed by atoms with Gasteiger partial charge in [0.25, 0.3) is 5.91 Å². The van der Waals surface area contributed by atoms with Crippen molar-refractivity contribution in [2.75, 3.05) is 11.9 Å². The second-order valence-corrected chi connectivity index (χ2v) is 6.51. The molecule has 8 heteroatoms. The molecule has 5 nitrogen and oxygen atoms in total. The Kier molecular flexibility index (Phi) is 7.14. The van der Waals surface area contributed by atoms with E-state index in [0.29, 0.717) is 5.56 Å². The third-order valence-corrected chi connectivity index (χ3v) is 4.25. The average molecular weight is 407 g/mol. The standard InChI is InChI=1S/C21H20F3NO4/c1-13-3-4-15(11-14(13)2)18(26)9-10-20(28)29-12-19(27)25-17-7-5-16(6-8-17)21(22,23)24/h3-8,11H,9-10,12H2,1-2H3,(H,25,27). The van der Waals surface area contributed by atoms with Crippen LogP contribution in [0.4, 0.5) is 18.9 Å². The van der Waals surface area contributed by atoms with Gasteiger partial charge in [0.05, 0.1) is 12.0 Å². The summed E-state index contributed by atoms with van der Waals surface area (Å²) in [7, 11) is 0. The number of carbonyl (C=O) groups is 3. The number of ether oxygens (including phenoxy) is 1. The van der Waals surface area contributed by atoms with Gasteiger partial charge in [-0.15, -0.1) is 0 Å². The van der Waals surface area contributed by atoms with Crippen LogP contribution in [0.3, 0.4) is 0 Å². The molecular formula is C21H20F3NO4. The highest BCUT2D eigenvalue weighted by Gasteiger charge is 2.30. The van der Waals surface area contributed by atoms with Crippen LogP contribution in [0.2, 0.25) is 0 Å². The van der Waals surface area contributed by atoms with Gasteiger partial charge in [0.1, 0.15) is 0 Å². The van der Waals surface area contributed by atoms with Crippen molar-refractivity contribution in [2.45, 2.75) is 32.9 Å². The normalized spacial score (nSPS) is 11.1. The number of nitrogens with one attached hydrogen (secondary N) is 1. The van der Waals surface area contributed by atoms with Crippen LogP contribution in [0.1, 0.15) is 39.9 Å². The van der Waals surface area contributed by atoms with Crippen LogP contribution in [0, 0.1) is 13.8 Å². The molecule has 2 aromatic carbocycles. The molecular weight excluding hydrogens is 387 g/mol. The molecule has 0 atom stereocenters. The number of Topliss-reactive ketones (excluding diaryl/α,β-unsaturated/α-hetero) is 1. The van der Waals surface area contributed by atoms with Crippen molar-refractivity contribution in [1.29, 1.82) is 0 Å². The summed E-state index contributed by atoms with van der Waals surface area (Å²) in [5.74, 6) is -1.62. The summed E-state index contributed by atoms with van der Waals surface area (Å²) in [5.41, 5.74) is 1.83. The van der Waals surface area contributed by atoms with Gasteiger partial charge in [-0.3, -0.25) is 14.4 Å². The van der Waals surface area contributed by atoms with Gasteiger partial charge in [0.15, 0.2) is 12.4 Å². The fraction of sp³-hybridized carbons (Fsp3) is 0.286. The lowest BCUT2D eigenvalue weighted by Gasteiger charge is -2.09. The monoisotopic (exact) mass is 407 g/mol. The maximum absolute atomic E-state index is 12.5. The van der Waals surface area contributed by atoms with Crippen LogP contribution in [0.5, 0.6) is 0 Å². The summed E-state index contributed by atoms with van der Waals surface area (Å²) in [5, 5.41) is 2.33. The molecule has 0 radical (unpaired) electrons. The van der Waals surface area contributed by atoms with Gasteiger partial charge in [-0.1, -0.05) is 12.1 Å². The van der Waals surface area contributed by atoms with Crippen LogP contribution in [0.15, 0.2) is 42.5 Å². The largest absolute Gasteiger partial charge is 0.456 e. The highest BCUT2D eigenvalue weighted by atomic mass is 19.4. The first-order chi connectivity index (χ1) is 13.6. The second kappa shape index (κ2) is 9.36. The van der Waals surface area contributed by atoms with Crippen molar-refractivity contribution in [3.63, 3.8) is 0 Å². The highest BCUT2D eigenvalue weighted by molar-refractivity contribution is 5.98. The van der Waals surface area contributed by atoms with E-state index in [9.17, 15) is 27.6 Å². The molecule has 0 spiro atoms. The molecule has 0 fully saturated rings. The zero-order valence-corrected chi connectivity index (χ0v) is 15.9. The lowest BCUT2D eigenvalue weighted by atomic mass is 10.0. The lowest BCUT2D eigenvalue weighted by Crippen LogP contribution is -2.21. The molecule has 0 aliphatic carbocycles. The summed E-state index contributed by atoms with van der Waals surface area (Å²) in [6.45, 7) is 3.21. The van der Waals surface area contributed by atoms with Gasteiger partial charge in [-0.25, -0.2) is 0 Å². The maximum atomic E-state index is 12.5. The van der Waals surface area contributed by atoms with Crippen molar-refractivity contribution in [3.8, 4) is 0 Å². The van der Waals surface area contributed by atoms with Crippen molar-refractivity contribution in [1.82, 2.24) is 0 Å². The molecule has 0 aliphatic heterocycles. The van der Waals surface area contributed by atoms with Gasteiger partial charge in [-0.2, -0.15) is 13.2 Å². The number of esters is 1. The highest BCUT2D eigenvalue weighted by Crippen LogP contribution is 2.29. The molecule has 2 aromatic rings. The average Bonchev–Trinajstić information content (AvgIpc) is 2.66. The first-order valence-electron chi connectivity index (χ1n) is 8.79. The third-order valence-electron chi connectivity index (χ3n) is 4.25. The number of aryl methyl sites for hydroxylation is 2. The number of anilines is 1. The summed E-state index contributed by atoms with van der Waals surface area (Å²) >= 11 is 0. The predicted octanol–water partition coefficient (Wildman–Crippen LogP) is 4.47. The number of alkyl halides is 3. The van der Waals surface area contributed by atoms with E-state index < -0.39 is 30.2 Å². The van der Waals surface area contributed by atoms with E-state index in [1.54, 1.807) is 12.1 Å². The summed E-state index contributed by atoms with van der Waals surface area (Å²) in [4.78, 5) is 35.6. The number of ketones is 1. The first kappa shape index (κ1) is 22.1. The van der Waals surface area contributed by atoms with Crippen LogP contribution in [-0.4, -0.2) is 24.3 Å². The zero-order valence-electron chi connectivity index (χ0n) is 15.9. The first-order valence-corrected chi connectivity index (χ1v) is 8.79. The van der Waals surface area contributed by atoms with Gasteiger partial charge in [0.2, 0.25) is 0 Å². The number of hydrogen-bond acceptors (Lipinski definition) is 4. The lowest BCUT2D eigenvalue weighted by molar-refractivity contribution is -0.147. The summed E-state index contributed by atoms with van der Waals surface area (Å²) in [6.07, 6.45) is -4.70. The Morgan fingerprint density at radius 3 is 2.17 bits per heavy atom. The number of rotatable bonds is 7. The molecule has 154 valence electrons. The number of amides is 1. The molecule has 1 N–H and O–H groups in total. The Bertz CT molecular complexity index is 905. The maximum Gasteiger partial charge on any atom is 0.416 e. The van der Waals surface area contributed by atoms with Crippen LogP contribution in [-0.2, 0) is 20.5 Å². The Labute approximate surface area is 165 Å². The Morgan fingerprint density at radius 1 is 0.931 bits per heavy atom. The fourth-order valence-corrected chi connectivity index (χ4v) is 2.43. The van der Waals surface area contributed by atoms with Gasteiger partial charge in [0, 0.05) is 17.7 Å². The number of hydrogen-bond donors (Lipinski definition) is 1. The quantitative estimate of drug-likeness (QED) is 0.543. The Balaban J connectivity index is 1.76. The SMILES string of the molecule is Cc1ccc(C(=O)CCC(=O)OCC(=O)Nc2ccc(C(F)(F)F)cc2)cc1C. The minimum absolute atomic E-state index is 0.0537. The molecule has 29 heavy (non-hydrogen) atoms. The minimum Gasteiger partial charge on any atom is -0.456 e. The van der Waals surface area contributed by atoms with Gasteiger partial charge < -0.3 is 10.1 Å². The fourth-order valence-electron chi connectivity index (χ4n) is 2.43. The number of carbonyl (C=O) groups excluding carboxylic acids is 3. The van der Waals surface area contributed by atoms with E-state index in [0.717, 1.165) is 35.4 Å². The molecule has 0 heterocycles. The van der Waals surface area contributed by atoms with Crippen molar-refractivity contribution in [3.05, 3.63) is 64.7 Å². The van der Waals surface area contributed by atoms with E-state index in [4.69, 9.17) is 4.74 Å². The molecule has 0 aromatic heterocycles. The van der Waals surface area contributed by atoms with Crippen molar-refractivity contribution < 1.29 is 32.3 Å². The summed E-state index contributed by atoms with van der Waals surface area (Å²) < 4.78 is 42.3. The van der Waals surface area contributed by atoms with Crippen molar-refractivity contribution >= 4 is 23.3 Å². The zero-order chi connectivity index (χ0) is 21.6. The second-order valence-electron chi connectivity index (χ2n) is 6.51. The van der Waals surface area contributed by atoms with Crippen molar-refractivity contribution in [2.24, 2.45) is 0 Å². The third kappa shape index (κ3) is 6.74. The van der Waals surface area contributed by atoms with E-state index in [1.165, 1.54) is 0 Å². The molecule has 0 saturated heterocycles. The Hall–Kier alpha value is -3.16. The van der Waals surface area contributed by atoms with E-state index in [-0.39, 0.29) is 24.3 Å². The Morgan fingerprint density at radius 2 is 1.59 bits per heavy atom. The minimum atomic E-state index is -4.47. The topological polar surface area (TPSA) is 72.5 Å². The molecule has 0 bridgehead atoms. The molecule has 2 rings (SSSR count). The predicted molar refractivity (Wildman–Crippen MR) is 101 cm³/mol. The van der Waals surface area contributed by atoms with E-state index in [2.05, 4.69) is 5.32 Å². The van der Waals surface area contributed by atoms with E-state index >= 15 is 0 Å². The number of benzene rings is 2. The van der Waals surface area contributed by atoms with Crippen LogP contribution >= 0.6 is 0 Å². The molecule has 1 amide bonds. The van der Waals surface area contributed by atoms with Crippen LogP contribution in [0.25, 0.3) is 0 Å². The molecule has 0 aliphatic rings. The molecule has 0 unspecified atom stereocenters. The van der Waals surface area contributed by atoms with Crippen LogP contribution < -0.4 is 5.32 Å². The van der Waals surface area contributed by atoms with E-state index in [1.807, 2.05) is 19.9 Å². The molecule has 0 saturated carbocycles. The van der Waals surface area contributed by atoms with Gasteiger partial charge in [-0.05, 0) is 55.3 Å².